The van der Waals surface area contributed by atoms with Gasteiger partial charge in [0, 0.05) is 17.8 Å². The van der Waals surface area contributed by atoms with E-state index in [0.717, 1.165) is 25.7 Å². The van der Waals surface area contributed by atoms with E-state index < -0.39 is 5.97 Å². The van der Waals surface area contributed by atoms with Crippen LogP contribution in [0.3, 0.4) is 0 Å². The van der Waals surface area contributed by atoms with Crippen LogP contribution in [-0.4, -0.2) is 52.6 Å². The first-order chi connectivity index (χ1) is 9.42. The van der Waals surface area contributed by atoms with Crippen LogP contribution in [0.25, 0.3) is 0 Å². The second-order valence-corrected chi connectivity index (χ2v) is 6.97. The van der Waals surface area contributed by atoms with Gasteiger partial charge in [-0.1, -0.05) is 13.8 Å². The number of hydrogen-bond donors (Lipinski definition) is 2. The molecule has 6 heteroatoms. The number of carbonyl (C=O) groups is 2. The van der Waals surface area contributed by atoms with Gasteiger partial charge in [0.05, 0.1) is 0 Å². The Morgan fingerprint density at radius 1 is 1.30 bits per heavy atom. The Kier molecular flexibility index (Phi) is 7.19. The lowest BCUT2D eigenvalue weighted by Gasteiger charge is -2.31. The van der Waals surface area contributed by atoms with E-state index >= 15 is 0 Å². The maximum atomic E-state index is 12.2. The van der Waals surface area contributed by atoms with E-state index in [4.69, 9.17) is 5.11 Å². The predicted octanol–water partition coefficient (Wildman–Crippen LogP) is 2.41. The molecule has 0 bridgehead atoms. The number of amides is 2. The van der Waals surface area contributed by atoms with Gasteiger partial charge in [0.15, 0.2) is 0 Å². The van der Waals surface area contributed by atoms with Crippen LogP contribution < -0.4 is 5.32 Å². The third-order valence-electron chi connectivity index (χ3n) is 3.53. The topological polar surface area (TPSA) is 69.6 Å². The summed E-state index contributed by atoms with van der Waals surface area (Å²) in [5, 5.41) is 12.6. The summed E-state index contributed by atoms with van der Waals surface area (Å²) < 4.78 is 0. The van der Waals surface area contributed by atoms with Crippen molar-refractivity contribution in [3.05, 3.63) is 0 Å². The first-order valence-corrected chi connectivity index (χ1v) is 8.51. The van der Waals surface area contributed by atoms with Crippen molar-refractivity contribution >= 4 is 23.8 Å². The van der Waals surface area contributed by atoms with E-state index in [-0.39, 0.29) is 24.5 Å². The van der Waals surface area contributed by atoms with Gasteiger partial charge in [-0.05, 0) is 37.9 Å². The van der Waals surface area contributed by atoms with E-state index in [0.29, 0.717) is 11.8 Å². The summed E-state index contributed by atoms with van der Waals surface area (Å²) in [6, 6.07) is -0.0527. The molecule has 0 atom stereocenters. The van der Waals surface area contributed by atoms with Crippen molar-refractivity contribution in [1.29, 1.82) is 0 Å². The highest BCUT2D eigenvalue weighted by Crippen LogP contribution is 2.26. The summed E-state index contributed by atoms with van der Waals surface area (Å²) in [4.78, 5) is 24.4. The van der Waals surface area contributed by atoms with Crippen molar-refractivity contribution in [2.75, 3.05) is 19.3 Å². The molecule has 0 aliphatic heterocycles. The second-order valence-electron chi connectivity index (χ2n) is 5.83. The molecule has 1 fully saturated rings. The Labute approximate surface area is 125 Å². The minimum atomic E-state index is -0.966. The zero-order valence-electron chi connectivity index (χ0n) is 12.6. The molecule has 1 rings (SSSR count). The molecular formula is C14H26N2O3S. The van der Waals surface area contributed by atoms with Gasteiger partial charge in [-0.3, -0.25) is 4.79 Å². The summed E-state index contributed by atoms with van der Waals surface area (Å²) >= 11 is 1.89. The van der Waals surface area contributed by atoms with Crippen LogP contribution in [0.1, 0.15) is 39.5 Å². The van der Waals surface area contributed by atoms with Crippen molar-refractivity contribution in [2.45, 2.75) is 50.8 Å². The highest BCUT2D eigenvalue weighted by atomic mass is 32.2. The van der Waals surface area contributed by atoms with E-state index in [2.05, 4.69) is 11.6 Å². The van der Waals surface area contributed by atoms with Gasteiger partial charge in [-0.25, -0.2) is 4.79 Å². The molecule has 0 unspecified atom stereocenters. The summed E-state index contributed by atoms with van der Waals surface area (Å²) in [5.74, 6) is -0.709. The molecule has 0 aromatic rings. The van der Waals surface area contributed by atoms with Gasteiger partial charge < -0.3 is 15.3 Å². The summed E-state index contributed by atoms with van der Waals surface area (Å²) in [5.41, 5.74) is 0. The van der Waals surface area contributed by atoms with Crippen LogP contribution in [0.5, 0.6) is 0 Å². The number of carboxylic acids is 1. The number of aliphatic carboxylic acids is 1. The van der Waals surface area contributed by atoms with Crippen molar-refractivity contribution in [2.24, 2.45) is 5.92 Å². The fraction of sp³-hybridized carbons (Fsp3) is 0.857. The Balaban J connectivity index is 2.47. The Bertz CT molecular complexity index is 328. The second kappa shape index (κ2) is 8.39. The van der Waals surface area contributed by atoms with Crippen LogP contribution in [0.4, 0.5) is 4.79 Å². The average Bonchev–Trinajstić information content (AvgIpc) is 2.37. The third kappa shape index (κ3) is 6.03. The van der Waals surface area contributed by atoms with Gasteiger partial charge >= 0.3 is 12.0 Å². The highest BCUT2D eigenvalue weighted by Gasteiger charge is 2.24. The van der Waals surface area contributed by atoms with Crippen molar-refractivity contribution in [1.82, 2.24) is 10.2 Å². The molecule has 0 aromatic heterocycles. The molecule has 0 heterocycles. The van der Waals surface area contributed by atoms with Crippen LogP contribution in [-0.2, 0) is 4.79 Å². The van der Waals surface area contributed by atoms with Gasteiger partial charge in [0.2, 0.25) is 0 Å². The van der Waals surface area contributed by atoms with E-state index in [1.54, 1.807) is 0 Å². The lowest BCUT2D eigenvalue weighted by atomic mass is 9.95. The van der Waals surface area contributed by atoms with E-state index in [9.17, 15) is 9.59 Å². The standard InChI is InChI=1S/C14H26N2O3S/c1-10(2)8-16(9-13(17)18)14(19)15-11-4-6-12(20-3)7-5-11/h10-12H,4-9H2,1-3H3,(H,15,19)(H,17,18). The minimum absolute atomic E-state index is 0.189. The molecule has 0 saturated heterocycles. The molecule has 20 heavy (non-hydrogen) atoms. The van der Waals surface area contributed by atoms with Crippen LogP contribution in [0.2, 0.25) is 0 Å². The molecule has 2 N–H and O–H groups in total. The van der Waals surface area contributed by atoms with E-state index in [1.807, 2.05) is 25.6 Å². The zero-order valence-corrected chi connectivity index (χ0v) is 13.4. The molecule has 2 amide bonds. The lowest BCUT2D eigenvalue weighted by molar-refractivity contribution is -0.137. The molecule has 0 aromatic carbocycles. The van der Waals surface area contributed by atoms with Gasteiger partial charge in [-0.15, -0.1) is 0 Å². The molecule has 0 spiro atoms. The normalized spacial score (nSPS) is 22.6. The maximum absolute atomic E-state index is 12.2. The smallest absolute Gasteiger partial charge is 0.323 e. The Morgan fingerprint density at radius 2 is 1.90 bits per heavy atom. The summed E-state index contributed by atoms with van der Waals surface area (Å²) in [7, 11) is 0. The molecule has 1 aliphatic rings. The maximum Gasteiger partial charge on any atom is 0.323 e. The Hall–Kier alpha value is -0.910. The molecular weight excluding hydrogens is 276 g/mol. The first kappa shape index (κ1) is 17.1. The third-order valence-corrected chi connectivity index (χ3v) is 4.67. The van der Waals surface area contributed by atoms with Crippen molar-refractivity contribution < 1.29 is 14.7 Å². The fourth-order valence-electron chi connectivity index (χ4n) is 2.53. The molecule has 1 saturated carbocycles. The molecule has 0 radical (unpaired) electrons. The number of rotatable bonds is 6. The number of hydrogen-bond acceptors (Lipinski definition) is 3. The van der Waals surface area contributed by atoms with Crippen molar-refractivity contribution in [3.8, 4) is 0 Å². The summed E-state index contributed by atoms with van der Waals surface area (Å²) in [6.07, 6.45) is 6.34. The monoisotopic (exact) mass is 302 g/mol. The first-order valence-electron chi connectivity index (χ1n) is 7.22. The predicted molar refractivity (Wildman–Crippen MR) is 82.1 cm³/mol. The quantitative estimate of drug-likeness (QED) is 0.790. The number of thioether (sulfide) groups is 1. The zero-order chi connectivity index (χ0) is 15.1. The minimum Gasteiger partial charge on any atom is -0.480 e. The largest absolute Gasteiger partial charge is 0.480 e. The SMILES string of the molecule is CSC1CCC(NC(=O)N(CC(=O)O)CC(C)C)CC1. The molecule has 116 valence electrons. The number of carbonyl (C=O) groups excluding carboxylic acids is 1. The van der Waals surface area contributed by atoms with Crippen LogP contribution in [0, 0.1) is 5.92 Å². The van der Waals surface area contributed by atoms with Gasteiger partial charge in [0.1, 0.15) is 6.54 Å². The van der Waals surface area contributed by atoms with Gasteiger partial charge in [-0.2, -0.15) is 11.8 Å². The summed E-state index contributed by atoms with van der Waals surface area (Å²) in [6.45, 7) is 4.19. The number of carboxylic acid groups (broad SMARTS) is 1. The molecule has 5 nitrogen and oxygen atoms in total. The number of urea groups is 1. The number of nitrogens with one attached hydrogen (secondary N) is 1. The Morgan fingerprint density at radius 3 is 2.35 bits per heavy atom. The van der Waals surface area contributed by atoms with Crippen LogP contribution >= 0.6 is 11.8 Å². The highest BCUT2D eigenvalue weighted by molar-refractivity contribution is 7.99. The average molecular weight is 302 g/mol. The molecule has 1 aliphatic carbocycles. The van der Waals surface area contributed by atoms with Crippen LogP contribution in [0.15, 0.2) is 0 Å². The van der Waals surface area contributed by atoms with E-state index in [1.165, 1.54) is 4.90 Å². The lowest BCUT2D eigenvalue weighted by Crippen LogP contribution is -2.48. The fourth-order valence-corrected chi connectivity index (χ4v) is 3.28. The van der Waals surface area contributed by atoms with Crippen molar-refractivity contribution in [3.63, 3.8) is 0 Å². The van der Waals surface area contributed by atoms with Gasteiger partial charge in [0.25, 0.3) is 0 Å². The number of nitrogens with zero attached hydrogens (tertiary/aromatic N) is 1.